The summed E-state index contributed by atoms with van der Waals surface area (Å²) in [6.07, 6.45) is 4.51. The first-order valence-electron chi connectivity index (χ1n) is 6.77. The lowest BCUT2D eigenvalue weighted by molar-refractivity contribution is -0.142. The molecule has 19 heavy (non-hydrogen) atoms. The third-order valence-electron chi connectivity index (χ3n) is 2.93. The topological polar surface area (TPSA) is 52.6 Å². The van der Waals surface area contributed by atoms with Crippen LogP contribution in [0.3, 0.4) is 0 Å². The molecule has 0 saturated heterocycles. The highest BCUT2D eigenvalue weighted by molar-refractivity contribution is 6.07. The highest BCUT2D eigenvalue weighted by Gasteiger charge is 2.27. The van der Waals surface area contributed by atoms with Crippen molar-refractivity contribution < 1.29 is 19.1 Å². The van der Waals surface area contributed by atoms with Crippen LogP contribution in [0.1, 0.15) is 34.1 Å². The number of hydrogen-bond donors (Lipinski definition) is 0. The van der Waals surface area contributed by atoms with Gasteiger partial charge in [-0.3, -0.25) is 0 Å². The van der Waals surface area contributed by atoms with E-state index in [1.165, 1.54) is 0 Å². The molecule has 0 bridgehead atoms. The summed E-state index contributed by atoms with van der Waals surface area (Å²) >= 11 is 0. The molecule has 4 nitrogen and oxygen atoms in total. The zero-order chi connectivity index (χ0) is 14.4. The molecule has 4 heteroatoms. The molecule has 2 atom stereocenters. The quantitative estimate of drug-likeness (QED) is 0.734. The summed E-state index contributed by atoms with van der Waals surface area (Å²) in [5, 5.41) is 0. The Balaban J connectivity index is 3.12. The van der Waals surface area contributed by atoms with E-state index in [0.29, 0.717) is 11.1 Å². The van der Waals surface area contributed by atoms with Gasteiger partial charge in [0.1, 0.15) is 0 Å². The van der Waals surface area contributed by atoms with Crippen molar-refractivity contribution in [2.75, 3.05) is 13.2 Å². The maximum absolute atomic E-state index is 12.0. The van der Waals surface area contributed by atoms with Gasteiger partial charge in [0.2, 0.25) is 0 Å². The molecule has 0 fully saturated rings. The van der Waals surface area contributed by atoms with Crippen LogP contribution in [-0.4, -0.2) is 25.2 Å². The van der Waals surface area contributed by atoms with Gasteiger partial charge in [-0.15, -0.1) is 0 Å². The van der Waals surface area contributed by atoms with Crippen molar-refractivity contribution in [1.82, 2.24) is 0 Å². The minimum absolute atomic E-state index is 0.220. The van der Waals surface area contributed by atoms with Crippen molar-refractivity contribution in [2.24, 2.45) is 11.8 Å². The SMILES string of the molecule is CCOC(=O)C1=CC(C)CC(C)C=C1C(=O)OCC. The van der Waals surface area contributed by atoms with Gasteiger partial charge in [0.25, 0.3) is 0 Å². The molecule has 1 aliphatic rings. The summed E-state index contributed by atoms with van der Waals surface area (Å²) < 4.78 is 10.0. The van der Waals surface area contributed by atoms with Crippen molar-refractivity contribution in [3.8, 4) is 0 Å². The molecule has 1 aliphatic carbocycles. The van der Waals surface area contributed by atoms with Crippen molar-refractivity contribution >= 4 is 11.9 Å². The number of carbonyl (C=O) groups excluding carboxylic acids is 2. The van der Waals surface area contributed by atoms with E-state index in [1.807, 2.05) is 26.0 Å². The first-order chi connectivity index (χ1) is 8.99. The average molecular weight is 266 g/mol. The number of hydrogen-bond acceptors (Lipinski definition) is 4. The summed E-state index contributed by atoms with van der Waals surface area (Å²) in [6, 6.07) is 0. The van der Waals surface area contributed by atoms with Crippen LogP contribution in [0.25, 0.3) is 0 Å². The molecule has 0 aromatic rings. The number of rotatable bonds is 4. The fourth-order valence-electron chi connectivity index (χ4n) is 2.24. The normalized spacial score (nSPS) is 22.9. The van der Waals surface area contributed by atoms with Gasteiger partial charge in [-0.05, 0) is 32.1 Å². The predicted molar refractivity (Wildman–Crippen MR) is 72.4 cm³/mol. The Bertz CT molecular complexity index is 368. The Morgan fingerprint density at radius 3 is 1.68 bits per heavy atom. The molecule has 0 spiro atoms. The second-order valence-corrected chi connectivity index (χ2v) is 4.79. The molecule has 2 unspecified atom stereocenters. The van der Waals surface area contributed by atoms with Gasteiger partial charge in [0, 0.05) is 0 Å². The molecule has 0 radical (unpaired) electrons. The van der Waals surface area contributed by atoms with Gasteiger partial charge in [0.05, 0.1) is 24.4 Å². The smallest absolute Gasteiger partial charge is 0.338 e. The maximum atomic E-state index is 12.0. The van der Waals surface area contributed by atoms with Crippen LogP contribution in [0.5, 0.6) is 0 Å². The van der Waals surface area contributed by atoms with E-state index < -0.39 is 11.9 Å². The molecule has 0 aromatic heterocycles. The summed E-state index contributed by atoms with van der Waals surface area (Å²) in [5.41, 5.74) is 0.661. The molecule has 0 aromatic carbocycles. The van der Waals surface area contributed by atoms with Crippen molar-refractivity contribution in [3.63, 3.8) is 0 Å². The third-order valence-corrected chi connectivity index (χ3v) is 2.93. The fraction of sp³-hybridized carbons (Fsp3) is 0.600. The van der Waals surface area contributed by atoms with Crippen molar-refractivity contribution in [3.05, 3.63) is 23.3 Å². The summed E-state index contributed by atoms with van der Waals surface area (Å²) in [5.74, 6) is -0.472. The number of esters is 2. The summed E-state index contributed by atoms with van der Waals surface area (Å²) in [4.78, 5) is 24.0. The molecule has 0 amide bonds. The Kier molecular flexibility index (Phi) is 5.80. The standard InChI is InChI=1S/C15H22O4/c1-5-18-14(16)12-8-10(3)7-11(4)9-13(12)15(17)19-6-2/h8-11H,5-7H2,1-4H3. The highest BCUT2D eigenvalue weighted by atomic mass is 16.5. The monoisotopic (exact) mass is 266 g/mol. The molecule has 1 rings (SSSR count). The summed E-state index contributed by atoms with van der Waals surface area (Å²) in [6.45, 7) is 8.12. The van der Waals surface area contributed by atoms with Crippen LogP contribution in [0, 0.1) is 11.8 Å². The molecular weight excluding hydrogens is 244 g/mol. The Morgan fingerprint density at radius 2 is 1.37 bits per heavy atom. The van der Waals surface area contributed by atoms with E-state index in [9.17, 15) is 9.59 Å². The molecule has 0 heterocycles. The second kappa shape index (κ2) is 7.12. The van der Waals surface area contributed by atoms with Gasteiger partial charge >= 0.3 is 11.9 Å². The van der Waals surface area contributed by atoms with Gasteiger partial charge in [0.15, 0.2) is 0 Å². The lowest BCUT2D eigenvalue weighted by Gasteiger charge is -2.10. The minimum Gasteiger partial charge on any atom is -0.462 e. The molecule has 0 N–H and O–H groups in total. The van der Waals surface area contributed by atoms with E-state index >= 15 is 0 Å². The van der Waals surface area contributed by atoms with Crippen molar-refractivity contribution in [1.29, 1.82) is 0 Å². The minimum atomic E-state index is -0.456. The maximum Gasteiger partial charge on any atom is 0.338 e. The van der Waals surface area contributed by atoms with Crippen LogP contribution in [-0.2, 0) is 19.1 Å². The second-order valence-electron chi connectivity index (χ2n) is 4.79. The molecular formula is C15H22O4. The Morgan fingerprint density at radius 1 is 1.00 bits per heavy atom. The lowest BCUT2D eigenvalue weighted by Crippen LogP contribution is -2.17. The number of allylic oxidation sites excluding steroid dienone is 2. The Hall–Kier alpha value is -1.58. The lowest BCUT2D eigenvalue weighted by atomic mass is 9.98. The van der Waals surface area contributed by atoms with Crippen LogP contribution in [0.4, 0.5) is 0 Å². The van der Waals surface area contributed by atoms with Crippen LogP contribution >= 0.6 is 0 Å². The van der Waals surface area contributed by atoms with Gasteiger partial charge in [-0.2, -0.15) is 0 Å². The molecule has 106 valence electrons. The highest BCUT2D eigenvalue weighted by Crippen LogP contribution is 2.27. The van der Waals surface area contributed by atoms with Crippen LogP contribution in [0.2, 0.25) is 0 Å². The molecule has 0 aliphatic heterocycles. The van der Waals surface area contributed by atoms with Gasteiger partial charge in [-0.1, -0.05) is 26.0 Å². The van der Waals surface area contributed by atoms with E-state index in [1.54, 1.807) is 13.8 Å². The van der Waals surface area contributed by atoms with E-state index in [0.717, 1.165) is 6.42 Å². The predicted octanol–water partition coefficient (Wildman–Crippen LogP) is 2.64. The van der Waals surface area contributed by atoms with Crippen molar-refractivity contribution in [2.45, 2.75) is 34.1 Å². The van der Waals surface area contributed by atoms with Crippen LogP contribution in [0.15, 0.2) is 23.3 Å². The van der Waals surface area contributed by atoms with Crippen LogP contribution < -0.4 is 0 Å². The Labute approximate surface area is 114 Å². The summed E-state index contributed by atoms with van der Waals surface area (Å²) in [7, 11) is 0. The fourth-order valence-corrected chi connectivity index (χ4v) is 2.24. The molecule has 0 saturated carbocycles. The van der Waals surface area contributed by atoms with E-state index in [2.05, 4.69) is 0 Å². The number of carbonyl (C=O) groups is 2. The van der Waals surface area contributed by atoms with E-state index in [-0.39, 0.29) is 25.0 Å². The zero-order valence-corrected chi connectivity index (χ0v) is 12.1. The average Bonchev–Trinajstić information content (AvgIpc) is 2.48. The number of ether oxygens (including phenoxy) is 2. The first kappa shape index (κ1) is 15.5. The largest absolute Gasteiger partial charge is 0.462 e. The zero-order valence-electron chi connectivity index (χ0n) is 12.1. The third kappa shape index (κ3) is 4.23. The first-order valence-corrected chi connectivity index (χ1v) is 6.77. The van der Waals surface area contributed by atoms with Gasteiger partial charge < -0.3 is 9.47 Å². The van der Waals surface area contributed by atoms with Gasteiger partial charge in [-0.25, -0.2) is 9.59 Å². The van der Waals surface area contributed by atoms with E-state index in [4.69, 9.17) is 9.47 Å².